The van der Waals surface area contributed by atoms with E-state index < -0.39 is 7.52 Å². The van der Waals surface area contributed by atoms with Crippen LogP contribution in [-0.4, -0.2) is 34.8 Å². The highest BCUT2D eigenvalue weighted by Gasteiger charge is 2.27. The molecule has 0 aliphatic carbocycles. The van der Waals surface area contributed by atoms with Crippen molar-refractivity contribution < 1.29 is 14.2 Å². The maximum Gasteiger partial charge on any atom is 0.297 e. The zero-order valence-corrected chi connectivity index (χ0v) is 18.0. The van der Waals surface area contributed by atoms with Gasteiger partial charge in [0.2, 0.25) is 5.95 Å². The van der Waals surface area contributed by atoms with Crippen molar-refractivity contribution in [2.24, 2.45) is 0 Å². The van der Waals surface area contributed by atoms with Gasteiger partial charge in [0.15, 0.2) is 0 Å². The van der Waals surface area contributed by atoms with Gasteiger partial charge in [0, 0.05) is 29.8 Å². The summed E-state index contributed by atoms with van der Waals surface area (Å²) in [4.78, 5) is 8.76. The quantitative estimate of drug-likeness (QED) is 0.533. The monoisotopic (exact) mass is 404 g/mol. The molecule has 1 heterocycles. The van der Waals surface area contributed by atoms with Crippen LogP contribution in [0.15, 0.2) is 29.6 Å². The molecule has 0 radical (unpaired) electrons. The topological polar surface area (TPSA) is 96.4 Å². The van der Waals surface area contributed by atoms with Gasteiger partial charge in [-0.2, -0.15) is 0 Å². The van der Waals surface area contributed by atoms with Crippen LogP contribution >= 0.6 is 7.52 Å². The molecule has 0 fully saturated rings. The number of hydrogen-bond donors (Lipinski definition) is 3. The normalized spacial score (nSPS) is 14.0. The van der Waals surface area contributed by atoms with Crippen LogP contribution in [-0.2, 0) is 9.09 Å². The Labute approximate surface area is 166 Å². The van der Waals surface area contributed by atoms with Gasteiger partial charge < -0.3 is 14.9 Å². The zero-order valence-electron chi connectivity index (χ0n) is 17.1. The maximum absolute atomic E-state index is 13.5. The highest BCUT2D eigenvalue weighted by molar-refractivity contribution is 7.61. The van der Waals surface area contributed by atoms with Gasteiger partial charge in [-0.15, -0.1) is 0 Å². The minimum atomic E-state index is -3.25. The number of aromatic nitrogens is 2. The van der Waals surface area contributed by atoms with Crippen molar-refractivity contribution in [1.82, 2.24) is 15.1 Å². The van der Waals surface area contributed by atoms with Gasteiger partial charge in [-0.3, -0.25) is 4.57 Å². The number of phenolic OH excluding ortho intramolecular Hbond substituents is 1. The second kappa shape index (κ2) is 9.82. The molecule has 0 amide bonds. The molecule has 0 aliphatic rings. The van der Waals surface area contributed by atoms with Crippen molar-refractivity contribution in [2.45, 2.75) is 34.6 Å². The van der Waals surface area contributed by atoms with Crippen molar-refractivity contribution in [3.8, 4) is 5.75 Å². The Morgan fingerprint density at radius 1 is 1.18 bits per heavy atom. The number of benzene rings is 1. The first kappa shape index (κ1) is 22.1. The fourth-order valence-electron chi connectivity index (χ4n) is 2.80. The number of nitrogens with zero attached hydrogens (tertiary/aromatic N) is 2. The molecule has 2 rings (SSSR count). The largest absolute Gasteiger partial charge is 0.508 e. The standard InChI is InChI=1S/C20H29N4O3P/c1-6-22-28(26,27-7-2)18(12-17-8-9-19(25)14(3)10-17)13-21-20-23-15(4)11-16(5)24-20/h8-12,25H,6-7,13H2,1-5H3,(H,22,26)(H,21,23,24)/b18-12-. The van der Waals surface area contributed by atoms with Crippen LogP contribution in [0.1, 0.15) is 36.4 Å². The molecule has 152 valence electrons. The number of aromatic hydroxyl groups is 1. The van der Waals surface area contributed by atoms with E-state index in [1.54, 1.807) is 12.1 Å². The van der Waals surface area contributed by atoms with Gasteiger partial charge in [-0.25, -0.2) is 15.1 Å². The minimum Gasteiger partial charge on any atom is -0.508 e. The molecule has 28 heavy (non-hydrogen) atoms. The summed E-state index contributed by atoms with van der Waals surface area (Å²) in [6, 6.07) is 7.13. The van der Waals surface area contributed by atoms with Crippen LogP contribution in [0, 0.1) is 20.8 Å². The molecule has 1 aromatic carbocycles. The third kappa shape index (κ3) is 5.89. The summed E-state index contributed by atoms with van der Waals surface area (Å²) < 4.78 is 19.1. The van der Waals surface area contributed by atoms with E-state index in [1.165, 1.54) is 0 Å². The Morgan fingerprint density at radius 2 is 1.86 bits per heavy atom. The molecule has 7 nitrogen and oxygen atoms in total. The van der Waals surface area contributed by atoms with Crippen LogP contribution in [0.5, 0.6) is 5.75 Å². The lowest BCUT2D eigenvalue weighted by molar-refractivity contribution is 0.330. The maximum atomic E-state index is 13.5. The van der Waals surface area contributed by atoms with E-state index in [-0.39, 0.29) is 12.3 Å². The fourth-order valence-corrected chi connectivity index (χ4v) is 4.64. The number of rotatable bonds is 9. The Kier molecular flexibility index (Phi) is 7.75. The van der Waals surface area contributed by atoms with Crippen LogP contribution in [0.3, 0.4) is 0 Å². The number of phenols is 1. The SMILES string of the molecule is CCNP(=O)(OCC)/C(=C\c1ccc(O)c(C)c1)CNc1nc(C)cc(C)n1. The summed E-state index contributed by atoms with van der Waals surface area (Å²) in [6.07, 6.45) is 1.82. The lowest BCUT2D eigenvalue weighted by atomic mass is 10.1. The van der Waals surface area contributed by atoms with E-state index in [4.69, 9.17) is 4.52 Å². The summed E-state index contributed by atoms with van der Waals surface area (Å²) in [6.45, 7) is 10.4. The van der Waals surface area contributed by atoms with E-state index in [1.807, 2.05) is 52.8 Å². The Balaban J connectivity index is 2.40. The van der Waals surface area contributed by atoms with Gasteiger partial charge in [-0.05, 0) is 63.1 Å². The number of aryl methyl sites for hydroxylation is 3. The molecule has 0 aliphatic heterocycles. The minimum absolute atomic E-state index is 0.222. The van der Waals surface area contributed by atoms with Crippen LogP contribution in [0.4, 0.5) is 5.95 Å². The second-order valence-electron chi connectivity index (χ2n) is 6.49. The van der Waals surface area contributed by atoms with E-state index in [0.29, 0.717) is 24.4 Å². The smallest absolute Gasteiger partial charge is 0.297 e. The molecule has 2 aromatic rings. The molecule has 0 saturated heterocycles. The van der Waals surface area contributed by atoms with E-state index in [9.17, 15) is 9.67 Å². The van der Waals surface area contributed by atoms with Crippen LogP contribution in [0.2, 0.25) is 0 Å². The lowest BCUT2D eigenvalue weighted by Crippen LogP contribution is -2.18. The first-order valence-corrected chi connectivity index (χ1v) is 11.0. The van der Waals surface area contributed by atoms with Crippen molar-refractivity contribution in [2.75, 3.05) is 25.0 Å². The fraction of sp³-hybridized carbons (Fsp3) is 0.400. The first-order valence-electron chi connectivity index (χ1n) is 9.34. The van der Waals surface area contributed by atoms with Gasteiger partial charge in [0.1, 0.15) is 5.75 Å². The van der Waals surface area contributed by atoms with Gasteiger partial charge in [0.05, 0.1) is 6.61 Å². The predicted molar refractivity (Wildman–Crippen MR) is 114 cm³/mol. The summed E-state index contributed by atoms with van der Waals surface area (Å²) in [5.41, 5.74) is 3.28. The average Bonchev–Trinajstić information content (AvgIpc) is 2.61. The Bertz CT molecular complexity index is 869. The molecule has 0 spiro atoms. The Hall–Kier alpha value is -2.21. The molecular weight excluding hydrogens is 375 g/mol. The number of hydrogen-bond acceptors (Lipinski definition) is 6. The summed E-state index contributed by atoms with van der Waals surface area (Å²) >= 11 is 0. The predicted octanol–water partition coefficient (Wildman–Crippen LogP) is 4.40. The Morgan fingerprint density at radius 3 is 2.43 bits per heavy atom. The van der Waals surface area contributed by atoms with E-state index in [0.717, 1.165) is 22.5 Å². The number of anilines is 1. The van der Waals surface area contributed by atoms with E-state index in [2.05, 4.69) is 20.4 Å². The molecule has 1 atom stereocenters. The van der Waals surface area contributed by atoms with Gasteiger partial charge >= 0.3 is 0 Å². The third-order valence-electron chi connectivity index (χ3n) is 4.02. The zero-order chi connectivity index (χ0) is 20.7. The van der Waals surface area contributed by atoms with Crippen molar-refractivity contribution >= 4 is 19.5 Å². The summed E-state index contributed by atoms with van der Waals surface area (Å²) in [7, 11) is -3.25. The third-order valence-corrected chi connectivity index (χ3v) is 6.42. The van der Waals surface area contributed by atoms with Crippen LogP contribution in [0.25, 0.3) is 6.08 Å². The first-order chi connectivity index (χ1) is 13.3. The van der Waals surface area contributed by atoms with Crippen molar-refractivity contribution in [1.29, 1.82) is 0 Å². The molecule has 0 bridgehead atoms. The summed E-state index contributed by atoms with van der Waals surface area (Å²) in [5.74, 6) is 0.699. The molecule has 1 aromatic heterocycles. The van der Waals surface area contributed by atoms with Gasteiger partial charge in [-0.1, -0.05) is 13.0 Å². The highest BCUT2D eigenvalue weighted by atomic mass is 31.2. The molecule has 8 heteroatoms. The van der Waals surface area contributed by atoms with Gasteiger partial charge in [0.25, 0.3) is 7.52 Å². The number of nitrogens with one attached hydrogen (secondary N) is 2. The van der Waals surface area contributed by atoms with Crippen molar-refractivity contribution in [3.63, 3.8) is 0 Å². The molecule has 3 N–H and O–H groups in total. The molecular formula is C20H29N4O3P. The lowest BCUT2D eigenvalue weighted by Gasteiger charge is -2.22. The van der Waals surface area contributed by atoms with E-state index >= 15 is 0 Å². The summed E-state index contributed by atoms with van der Waals surface area (Å²) in [5, 5.41) is 16.5. The average molecular weight is 404 g/mol. The second-order valence-corrected chi connectivity index (χ2v) is 8.74. The highest BCUT2D eigenvalue weighted by Crippen LogP contribution is 2.51. The molecule has 1 unspecified atom stereocenters. The van der Waals surface area contributed by atoms with Crippen molar-refractivity contribution in [3.05, 3.63) is 52.1 Å². The molecule has 0 saturated carbocycles. The van der Waals surface area contributed by atoms with Crippen LogP contribution < -0.4 is 10.4 Å².